The molecule has 2 heterocycles. The summed E-state index contributed by atoms with van der Waals surface area (Å²) < 4.78 is 0. The van der Waals surface area contributed by atoms with Crippen molar-refractivity contribution in [1.29, 1.82) is 0 Å². The number of rotatable bonds is 0. The third kappa shape index (κ3) is 1.39. The van der Waals surface area contributed by atoms with Crippen LogP contribution >= 0.6 is 0 Å². The molecule has 1 nitrogen and oxygen atoms in total. The summed E-state index contributed by atoms with van der Waals surface area (Å²) in [6.45, 7) is 10.3. The second kappa shape index (κ2) is 3.00. The SMILES string of the molecule is CC1CCCN2CC3CC(C)(C)CC12C3. The highest BCUT2D eigenvalue weighted by atomic mass is 15.2. The van der Waals surface area contributed by atoms with E-state index in [9.17, 15) is 0 Å². The van der Waals surface area contributed by atoms with E-state index in [-0.39, 0.29) is 0 Å². The average molecular weight is 207 g/mol. The number of nitrogens with zero attached hydrogens (tertiary/aromatic N) is 1. The van der Waals surface area contributed by atoms with Crippen LogP contribution in [0.1, 0.15) is 52.9 Å². The molecule has 1 aliphatic carbocycles. The molecule has 1 saturated carbocycles. The second-order valence-electron chi connectivity index (χ2n) is 7.21. The minimum Gasteiger partial charge on any atom is -0.297 e. The van der Waals surface area contributed by atoms with Crippen LogP contribution in [-0.2, 0) is 0 Å². The van der Waals surface area contributed by atoms with Crippen LogP contribution in [0.3, 0.4) is 0 Å². The Morgan fingerprint density at radius 1 is 1.20 bits per heavy atom. The first kappa shape index (κ1) is 10.1. The fourth-order valence-electron chi connectivity index (χ4n) is 5.05. The van der Waals surface area contributed by atoms with Gasteiger partial charge in [0, 0.05) is 12.1 Å². The third-order valence-corrected chi connectivity index (χ3v) is 5.36. The van der Waals surface area contributed by atoms with Gasteiger partial charge in [0.1, 0.15) is 0 Å². The maximum absolute atomic E-state index is 2.86. The van der Waals surface area contributed by atoms with Gasteiger partial charge >= 0.3 is 0 Å². The van der Waals surface area contributed by atoms with Crippen LogP contribution in [0.4, 0.5) is 0 Å². The van der Waals surface area contributed by atoms with E-state index in [0.717, 1.165) is 11.8 Å². The predicted octanol–water partition coefficient (Wildman–Crippen LogP) is 3.30. The van der Waals surface area contributed by atoms with Crippen molar-refractivity contribution in [2.75, 3.05) is 13.1 Å². The lowest BCUT2D eigenvalue weighted by molar-refractivity contribution is -0.00663. The van der Waals surface area contributed by atoms with Gasteiger partial charge in [0.25, 0.3) is 0 Å². The van der Waals surface area contributed by atoms with Crippen LogP contribution in [0.25, 0.3) is 0 Å². The minimum absolute atomic E-state index is 0.600. The van der Waals surface area contributed by atoms with E-state index in [1.165, 1.54) is 45.2 Å². The van der Waals surface area contributed by atoms with E-state index in [4.69, 9.17) is 0 Å². The Bertz CT molecular complexity index is 271. The smallest absolute Gasteiger partial charge is 0.0243 e. The predicted molar refractivity (Wildman–Crippen MR) is 63.8 cm³/mol. The van der Waals surface area contributed by atoms with E-state index in [2.05, 4.69) is 25.7 Å². The molecule has 86 valence electrons. The highest BCUT2D eigenvalue weighted by Crippen LogP contribution is 2.56. The standard InChI is InChI=1S/C14H25N/c1-11-5-4-6-15-9-12-7-13(2,3)10-14(11,15)8-12/h11-12H,4-10H2,1-3H3. The molecule has 2 bridgehead atoms. The van der Waals surface area contributed by atoms with Crippen LogP contribution in [0.2, 0.25) is 0 Å². The highest BCUT2D eigenvalue weighted by Gasteiger charge is 2.56. The zero-order chi connectivity index (χ0) is 10.7. The fraction of sp³-hybridized carbons (Fsp3) is 1.00. The Hall–Kier alpha value is -0.0400. The van der Waals surface area contributed by atoms with Gasteiger partial charge in [-0.2, -0.15) is 0 Å². The summed E-state index contributed by atoms with van der Waals surface area (Å²) in [4.78, 5) is 2.86. The van der Waals surface area contributed by atoms with Crippen LogP contribution < -0.4 is 0 Å². The topological polar surface area (TPSA) is 3.24 Å². The van der Waals surface area contributed by atoms with E-state index >= 15 is 0 Å². The van der Waals surface area contributed by atoms with Crippen molar-refractivity contribution in [3.05, 3.63) is 0 Å². The lowest BCUT2D eigenvalue weighted by Crippen LogP contribution is -2.54. The first-order valence-electron chi connectivity index (χ1n) is 6.77. The summed E-state index contributed by atoms with van der Waals surface area (Å²) in [6, 6.07) is 0. The van der Waals surface area contributed by atoms with Crippen LogP contribution in [0.5, 0.6) is 0 Å². The van der Waals surface area contributed by atoms with Crippen LogP contribution in [-0.4, -0.2) is 23.5 Å². The molecular weight excluding hydrogens is 182 g/mol. The number of hydrogen-bond donors (Lipinski definition) is 0. The molecule has 15 heavy (non-hydrogen) atoms. The van der Waals surface area contributed by atoms with Gasteiger partial charge in [-0.05, 0) is 55.9 Å². The van der Waals surface area contributed by atoms with E-state index in [1.54, 1.807) is 0 Å². The van der Waals surface area contributed by atoms with Gasteiger partial charge in [-0.15, -0.1) is 0 Å². The van der Waals surface area contributed by atoms with Crippen LogP contribution in [0.15, 0.2) is 0 Å². The Morgan fingerprint density at radius 3 is 2.80 bits per heavy atom. The lowest BCUT2D eigenvalue weighted by atomic mass is 9.61. The lowest BCUT2D eigenvalue weighted by Gasteiger charge is -2.52. The van der Waals surface area contributed by atoms with Crippen molar-refractivity contribution >= 4 is 0 Å². The molecule has 2 saturated heterocycles. The summed E-state index contributed by atoms with van der Waals surface area (Å²) in [5.74, 6) is 1.95. The van der Waals surface area contributed by atoms with Gasteiger partial charge in [-0.3, -0.25) is 4.90 Å². The first-order chi connectivity index (χ1) is 7.02. The molecule has 3 atom stereocenters. The number of hydrogen-bond acceptors (Lipinski definition) is 1. The van der Waals surface area contributed by atoms with Crippen molar-refractivity contribution < 1.29 is 0 Å². The summed E-state index contributed by atoms with van der Waals surface area (Å²) >= 11 is 0. The molecular formula is C14H25N. The molecule has 0 aromatic carbocycles. The Kier molecular flexibility index (Phi) is 2.03. The van der Waals surface area contributed by atoms with Gasteiger partial charge in [-0.25, -0.2) is 0 Å². The molecule has 0 N–H and O–H groups in total. The van der Waals surface area contributed by atoms with Crippen molar-refractivity contribution in [2.45, 2.75) is 58.4 Å². The van der Waals surface area contributed by atoms with Gasteiger partial charge < -0.3 is 0 Å². The third-order valence-electron chi connectivity index (χ3n) is 5.36. The van der Waals surface area contributed by atoms with E-state index in [1.807, 2.05) is 0 Å². The molecule has 0 radical (unpaired) electrons. The molecule has 1 spiro atoms. The van der Waals surface area contributed by atoms with E-state index < -0.39 is 0 Å². The van der Waals surface area contributed by atoms with Crippen LogP contribution in [0, 0.1) is 17.3 Å². The molecule has 3 aliphatic rings. The van der Waals surface area contributed by atoms with Gasteiger partial charge in [-0.1, -0.05) is 20.8 Å². The maximum Gasteiger partial charge on any atom is 0.0243 e. The average Bonchev–Trinajstić information content (AvgIpc) is 2.37. The largest absolute Gasteiger partial charge is 0.297 e. The quantitative estimate of drug-likeness (QED) is 0.589. The van der Waals surface area contributed by atoms with Crippen molar-refractivity contribution in [3.8, 4) is 0 Å². The summed E-state index contributed by atoms with van der Waals surface area (Å²) in [6.07, 6.45) is 7.35. The molecule has 1 heteroatoms. The van der Waals surface area contributed by atoms with Gasteiger partial charge in [0.05, 0.1) is 0 Å². The number of piperidine rings is 1. The van der Waals surface area contributed by atoms with Crippen molar-refractivity contribution in [1.82, 2.24) is 4.90 Å². The summed E-state index contributed by atoms with van der Waals surface area (Å²) in [5, 5.41) is 0. The summed E-state index contributed by atoms with van der Waals surface area (Å²) in [7, 11) is 0. The monoisotopic (exact) mass is 207 g/mol. The maximum atomic E-state index is 2.86. The second-order valence-corrected chi connectivity index (χ2v) is 7.21. The molecule has 3 rings (SSSR count). The normalized spacial score (nSPS) is 49.0. The fourth-order valence-corrected chi connectivity index (χ4v) is 5.05. The van der Waals surface area contributed by atoms with Gasteiger partial charge in [0.15, 0.2) is 0 Å². The first-order valence-corrected chi connectivity index (χ1v) is 6.77. The Balaban J connectivity index is 1.95. The van der Waals surface area contributed by atoms with Gasteiger partial charge in [0.2, 0.25) is 0 Å². The summed E-state index contributed by atoms with van der Waals surface area (Å²) in [5.41, 5.74) is 1.22. The molecule has 3 fully saturated rings. The molecule has 0 amide bonds. The zero-order valence-electron chi connectivity index (χ0n) is 10.6. The minimum atomic E-state index is 0.600. The Labute approximate surface area is 94.2 Å². The zero-order valence-corrected chi connectivity index (χ0v) is 10.6. The van der Waals surface area contributed by atoms with Crippen molar-refractivity contribution in [2.24, 2.45) is 17.3 Å². The molecule has 3 unspecified atom stereocenters. The van der Waals surface area contributed by atoms with E-state index in [0.29, 0.717) is 11.0 Å². The number of fused-ring (bicyclic) bond motifs is 1. The molecule has 0 aromatic rings. The molecule has 0 aromatic heterocycles. The highest BCUT2D eigenvalue weighted by molar-refractivity contribution is 5.10. The van der Waals surface area contributed by atoms with Crippen molar-refractivity contribution in [3.63, 3.8) is 0 Å². The Morgan fingerprint density at radius 2 is 2.00 bits per heavy atom. The molecule has 2 aliphatic heterocycles.